The Morgan fingerprint density at radius 1 is 1.73 bits per heavy atom. The zero-order valence-electron chi connectivity index (χ0n) is 6.50. The van der Waals surface area contributed by atoms with Crippen LogP contribution in [0.15, 0.2) is 12.2 Å². The summed E-state index contributed by atoms with van der Waals surface area (Å²) in [5, 5.41) is 19.8. The SMILES string of the molecule is C=C(CNCC(C)O)C(=O)O. The van der Waals surface area contributed by atoms with E-state index >= 15 is 0 Å². The quantitative estimate of drug-likeness (QED) is 0.477. The molecule has 0 amide bonds. The standard InChI is InChI=1S/C7H13NO3/c1-5(7(10)11)3-8-4-6(2)9/h6,8-9H,1,3-4H2,2H3,(H,10,11). The van der Waals surface area contributed by atoms with E-state index in [2.05, 4.69) is 11.9 Å². The van der Waals surface area contributed by atoms with Gasteiger partial charge in [0.05, 0.1) is 6.10 Å². The molecule has 0 spiro atoms. The summed E-state index contributed by atoms with van der Waals surface area (Å²) in [6.07, 6.45) is -0.461. The van der Waals surface area contributed by atoms with Crippen molar-refractivity contribution in [1.29, 1.82) is 0 Å². The van der Waals surface area contributed by atoms with Crippen molar-refractivity contribution in [2.75, 3.05) is 13.1 Å². The Morgan fingerprint density at radius 3 is 2.64 bits per heavy atom. The highest BCUT2D eigenvalue weighted by Gasteiger charge is 2.02. The van der Waals surface area contributed by atoms with Gasteiger partial charge in [0.1, 0.15) is 0 Å². The molecular weight excluding hydrogens is 146 g/mol. The highest BCUT2D eigenvalue weighted by molar-refractivity contribution is 5.86. The minimum Gasteiger partial charge on any atom is -0.478 e. The summed E-state index contributed by atoms with van der Waals surface area (Å²) >= 11 is 0. The number of carboxylic acid groups (broad SMARTS) is 1. The van der Waals surface area contributed by atoms with Crippen LogP contribution < -0.4 is 5.32 Å². The number of rotatable bonds is 5. The molecule has 64 valence electrons. The fourth-order valence-electron chi connectivity index (χ4n) is 0.508. The number of aliphatic hydroxyl groups is 1. The van der Waals surface area contributed by atoms with Gasteiger partial charge in [-0.2, -0.15) is 0 Å². The Morgan fingerprint density at radius 2 is 2.27 bits per heavy atom. The van der Waals surface area contributed by atoms with E-state index in [9.17, 15) is 4.79 Å². The second-order valence-electron chi connectivity index (χ2n) is 2.39. The topological polar surface area (TPSA) is 69.6 Å². The molecule has 0 heterocycles. The molecular formula is C7H13NO3. The van der Waals surface area contributed by atoms with Gasteiger partial charge in [0.2, 0.25) is 0 Å². The van der Waals surface area contributed by atoms with Crippen molar-refractivity contribution in [1.82, 2.24) is 5.32 Å². The van der Waals surface area contributed by atoms with Crippen LogP contribution in [0.4, 0.5) is 0 Å². The molecule has 0 aromatic rings. The number of aliphatic carboxylic acids is 1. The maximum atomic E-state index is 10.2. The van der Waals surface area contributed by atoms with Crippen LogP contribution in [-0.4, -0.2) is 35.4 Å². The van der Waals surface area contributed by atoms with Crippen molar-refractivity contribution in [2.24, 2.45) is 0 Å². The predicted molar refractivity (Wildman–Crippen MR) is 41.3 cm³/mol. The zero-order chi connectivity index (χ0) is 8.85. The van der Waals surface area contributed by atoms with Gasteiger partial charge in [0.15, 0.2) is 0 Å². The molecule has 0 radical (unpaired) electrons. The van der Waals surface area contributed by atoms with Gasteiger partial charge in [0.25, 0.3) is 0 Å². The first-order valence-corrected chi connectivity index (χ1v) is 3.34. The van der Waals surface area contributed by atoms with E-state index in [1.165, 1.54) is 0 Å². The van der Waals surface area contributed by atoms with E-state index in [4.69, 9.17) is 10.2 Å². The first-order chi connectivity index (χ1) is 5.04. The van der Waals surface area contributed by atoms with Crippen LogP contribution in [0.25, 0.3) is 0 Å². The van der Waals surface area contributed by atoms with Crippen LogP contribution in [0.1, 0.15) is 6.92 Å². The van der Waals surface area contributed by atoms with Gasteiger partial charge >= 0.3 is 5.97 Å². The van der Waals surface area contributed by atoms with Crippen molar-refractivity contribution >= 4 is 5.97 Å². The van der Waals surface area contributed by atoms with E-state index in [0.29, 0.717) is 6.54 Å². The first kappa shape index (κ1) is 10.1. The lowest BCUT2D eigenvalue weighted by atomic mass is 10.3. The highest BCUT2D eigenvalue weighted by Crippen LogP contribution is 1.86. The lowest BCUT2D eigenvalue weighted by Gasteiger charge is -2.05. The van der Waals surface area contributed by atoms with Gasteiger partial charge in [0, 0.05) is 18.7 Å². The molecule has 0 saturated carbocycles. The molecule has 1 atom stereocenters. The van der Waals surface area contributed by atoms with Crippen molar-refractivity contribution < 1.29 is 15.0 Å². The average Bonchev–Trinajstić information content (AvgIpc) is 1.86. The molecule has 0 aliphatic rings. The fraction of sp³-hybridized carbons (Fsp3) is 0.571. The number of aliphatic hydroxyl groups excluding tert-OH is 1. The molecule has 0 aliphatic carbocycles. The maximum Gasteiger partial charge on any atom is 0.332 e. The van der Waals surface area contributed by atoms with E-state index in [1.807, 2.05) is 0 Å². The summed E-state index contributed by atoms with van der Waals surface area (Å²) in [4.78, 5) is 10.2. The van der Waals surface area contributed by atoms with Crippen molar-refractivity contribution in [2.45, 2.75) is 13.0 Å². The number of carbonyl (C=O) groups is 1. The highest BCUT2D eigenvalue weighted by atomic mass is 16.4. The van der Waals surface area contributed by atoms with Crippen LogP contribution in [-0.2, 0) is 4.79 Å². The summed E-state index contributed by atoms with van der Waals surface area (Å²) in [5.41, 5.74) is 0.102. The van der Waals surface area contributed by atoms with Crippen molar-refractivity contribution in [3.63, 3.8) is 0 Å². The van der Waals surface area contributed by atoms with Crippen LogP contribution in [0.5, 0.6) is 0 Å². The van der Waals surface area contributed by atoms with Gasteiger partial charge in [-0.3, -0.25) is 0 Å². The monoisotopic (exact) mass is 159 g/mol. The molecule has 0 aromatic carbocycles. The van der Waals surface area contributed by atoms with Gasteiger partial charge in [-0.25, -0.2) is 4.79 Å². The second-order valence-corrected chi connectivity index (χ2v) is 2.39. The second kappa shape index (κ2) is 4.87. The van der Waals surface area contributed by atoms with E-state index in [1.54, 1.807) is 6.92 Å². The molecule has 0 rings (SSSR count). The molecule has 0 aliphatic heterocycles. The molecule has 4 nitrogen and oxygen atoms in total. The Kier molecular flexibility index (Phi) is 4.49. The molecule has 4 heteroatoms. The summed E-state index contributed by atoms with van der Waals surface area (Å²) < 4.78 is 0. The normalized spacial score (nSPS) is 12.5. The summed E-state index contributed by atoms with van der Waals surface area (Å²) in [7, 11) is 0. The van der Waals surface area contributed by atoms with Crippen molar-refractivity contribution in [3.8, 4) is 0 Å². The number of carboxylic acids is 1. The van der Waals surface area contributed by atoms with E-state index < -0.39 is 12.1 Å². The number of hydrogen-bond donors (Lipinski definition) is 3. The largest absolute Gasteiger partial charge is 0.478 e. The van der Waals surface area contributed by atoms with Gasteiger partial charge in [-0.1, -0.05) is 6.58 Å². The number of hydrogen-bond acceptors (Lipinski definition) is 3. The molecule has 3 N–H and O–H groups in total. The predicted octanol–water partition coefficient (Wildman–Crippen LogP) is -0.402. The summed E-state index contributed by atoms with van der Waals surface area (Å²) in [5.74, 6) is -1.01. The minimum absolute atomic E-state index is 0.102. The third-order valence-electron chi connectivity index (χ3n) is 1.08. The van der Waals surface area contributed by atoms with Crippen LogP contribution in [0, 0.1) is 0 Å². The molecule has 0 saturated heterocycles. The summed E-state index contributed by atoms with van der Waals surface area (Å²) in [6, 6.07) is 0. The first-order valence-electron chi connectivity index (χ1n) is 3.34. The molecule has 11 heavy (non-hydrogen) atoms. The lowest BCUT2D eigenvalue weighted by Crippen LogP contribution is -2.27. The molecule has 0 bridgehead atoms. The lowest BCUT2D eigenvalue weighted by molar-refractivity contribution is -0.132. The third kappa shape index (κ3) is 5.57. The molecule has 0 aromatic heterocycles. The van der Waals surface area contributed by atoms with E-state index in [0.717, 1.165) is 0 Å². The van der Waals surface area contributed by atoms with Gasteiger partial charge < -0.3 is 15.5 Å². The molecule has 1 unspecified atom stereocenters. The fourth-order valence-corrected chi connectivity index (χ4v) is 0.508. The average molecular weight is 159 g/mol. The van der Waals surface area contributed by atoms with Crippen LogP contribution in [0.3, 0.4) is 0 Å². The van der Waals surface area contributed by atoms with Gasteiger partial charge in [-0.15, -0.1) is 0 Å². The zero-order valence-corrected chi connectivity index (χ0v) is 6.50. The van der Waals surface area contributed by atoms with Crippen LogP contribution >= 0.6 is 0 Å². The van der Waals surface area contributed by atoms with E-state index in [-0.39, 0.29) is 12.1 Å². The number of nitrogens with one attached hydrogen (secondary N) is 1. The Balaban J connectivity index is 3.40. The molecule has 0 fully saturated rings. The third-order valence-corrected chi connectivity index (χ3v) is 1.08. The summed E-state index contributed by atoms with van der Waals surface area (Å²) in [6.45, 7) is 5.52. The Hall–Kier alpha value is -0.870. The van der Waals surface area contributed by atoms with Crippen LogP contribution in [0.2, 0.25) is 0 Å². The maximum absolute atomic E-state index is 10.2. The smallest absolute Gasteiger partial charge is 0.332 e. The Labute approximate surface area is 65.5 Å². The minimum atomic E-state index is -1.01. The van der Waals surface area contributed by atoms with Crippen molar-refractivity contribution in [3.05, 3.63) is 12.2 Å². The Bertz CT molecular complexity index is 154. The van der Waals surface area contributed by atoms with Gasteiger partial charge in [-0.05, 0) is 6.92 Å².